The molecule has 0 heterocycles. The summed E-state index contributed by atoms with van der Waals surface area (Å²) in [6.45, 7) is 3.62. The second kappa shape index (κ2) is 12.7. The van der Waals surface area contributed by atoms with E-state index in [9.17, 15) is 14.4 Å². The van der Waals surface area contributed by atoms with E-state index in [0.717, 1.165) is 5.56 Å². The third kappa shape index (κ3) is 8.47. The predicted molar refractivity (Wildman–Crippen MR) is 133 cm³/mol. The van der Waals surface area contributed by atoms with Crippen LogP contribution in [0.2, 0.25) is 0 Å². The predicted octanol–water partition coefficient (Wildman–Crippen LogP) is 4.10. The van der Waals surface area contributed by atoms with Gasteiger partial charge in [0.15, 0.2) is 0 Å². The second-order valence-corrected chi connectivity index (χ2v) is 7.94. The fraction of sp³-hybridized carbons (Fsp3) is 0.179. The van der Waals surface area contributed by atoms with Crippen LogP contribution in [0.3, 0.4) is 0 Å². The molecule has 7 nitrogen and oxygen atoms in total. The SMILES string of the molecule is CC(C)Oc1ccc(C=C(NC(=O)c2ccccc2)C(=O)NCC(=O)OCc2ccccc2)cc1. The van der Waals surface area contributed by atoms with Crippen molar-refractivity contribution in [3.8, 4) is 5.75 Å². The first-order valence-corrected chi connectivity index (χ1v) is 11.2. The van der Waals surface area contributed by atoms with Crippen LogP contribution in [0.4, 0.5) is 0 Å². The maximum Gasteiger partial charge on any atom is 0.325 e. The molecule has 0 aliphatic heterocycles. The summed E-state index contributed by atoms with van der Waals surface area (Å²) < 4.78 is 10.8. The maximum atomic E-state index is 12.9. The van der Waals surface area contributed by atoms with Crippen LogP contribution in [0, 0.1) is 0 Å². The smallest absolute Gasteiger partial charge is 0.325 e. The molecule has 3 rings (SSSR count). The van der Waals surface area contributed by atoms with Gasteiger partial charge in [-0.1, -0.05) is 60.7 Å². The molecule has 0 bridgehead atoms. The molecule has 2 N–H and O–H groups in total. The quantitative estimate of drug-likeness (QED) is 0.342. The highest BCUT2D eigenvalue weighted by atomic mass is 16.5. The zero-order valence-electron chi connectivity index (χ0n) is 19.7. The van der Waals surface area contributed by atoms with Gasteiger partial charge in [-0.15, -0.1) is 0 Å². The van der Waals surface area contributed by atoms with E-state index in [1.807, 2.05) is 44.2 Å². The van der Waals surface area contributed by atoms with Gasteiger partial charge >= 0.3 is 5.97 Å². The molecule has 3 aromatic rings. The molecule has 7 heteroatoms. The van der Waals surface area contributed by atoms with E-state index in [1.54, 1.807) is 54.6 Å². The first kappa shape index (κ1) is 25.2. The van der Waals surface area contributed by atoms with Gasteiger partial charge in [-0.2, -0.15) is 0 Å². The lowest BCUT2D eigenvalue weighted by Crippen LogP contribution is -2.37. The lowest BCUT2D eigenvalue weighted by molar-refractivity contribution is -0.144. The summed E-state index contributed by atoms with van der Waals surface area (Å²) in [6.07, 6.45) is 1.56. The molecule has 0 aliphatic rings. The minimum atomic E-state index is -0.617. The van der Waals surface area contributed by atoms with E-state index in [1.165, 1.54) is 6.08 Å². The molecule has 0 fully saturated rings. The van der Waals surface area contributed by atoms with E-state index in [2.05, 4.69) is 10.6 Å². The number of nitrogens with one attached hydrogen (secondary N) is 2. The third-order valence-electron chi connectivity index (χ3n) is 4.73. The van der Waals surface area contributed by atoms with Crippen molar-refractivity contribution in [3.63, 3.8) is 0 Å². The highest BCUT2D eigenvalue weighted by molar-refractivity contribution is 6.05. The summed E-state index contributed by atoms with van der Waals surface area (Å²) in [5.41, 5.74) is 1.90. The van der Waals surface area contributed by atoms with E-state index < -0.39 is 17.8 Å². The van der Waals surface area contributed by atoms with Crippen molar-refractivity contribution >= 4 is 23.9 Å². The van der Waals surface area contributed by atoms with Crippen molar-refractivity contribution in [2.75, 3.05) is 6.54 Å². The summed E-state index contributed by atoms with van der Waals surface area (Å²) in [6, 6.07) is 24.9. The summed E-state index contributed by atoms with van der Waals surface area (Å²) in [5.74, 6) is -0.962. The Morgan fingerprint density at radius 1 is 0.857 bits per heavy atom. The number of esters is 1. The summed E-state index contributed by atoms with van der Waals surface area (Å²) >= 11 is 0. The van der Waals surface area contributed by atoms with Crippen LogP contribution in [-0.2, 0) is 20.9 Å². The number of carbonyl (C=O) groups excluding carboxylic acids is 3. The number of benzene rings is 3. The van der Waals surface area contributed by atoms with Crippen molar-refractivity contribution in [1.29, 1.82) is 0 Å². The molecule has 0 saturated carbocycles. The minimum Gasteiger partial charge on any atom is -0.491 e. The molecule has 0 spiro atoms. The molecular formula is C28H28N2O5. The monoisotopic (exact) mass is 472 g/mol. The average molecular weight is 473 g/mol. The zero-order valence-corrected chi connectivity index (χ0v) is 19.7. The summed E-state index contributed by atoms with van der Waals surface area (Å²) in [4.78, 5) is 37.7. The molecule has 180 valence electrons. The molecule has 35 heavy (non-hydrogen) atoms. The van der Waals surface area contributed by atoms with Crippen LogP contribution < -0.4 is 15.4 Å². The molecule has 2 amide bonds. The average Bonchev–Trinajstić information content (AvgIpc) is 2.87. The standard InChI is InChI=1S/C28H28N2O5/c1-20(2)35-24-15-13-21(14-16-24)17-25(30-27(32)23-11-7-4-8-12-23)28(33)29-18-26(31)34-19-22-9-5-3-6-10-22/h3-17,20H,18-19H2,1-2H3,(H,29,33)(H,30,32). The number of hydrogen-bond acceptors (Lipinski definition) is 5. The highest BCUT2D eigenvalue weighted by Crippen LogP contribution is 2.16. The van der Waals surface area contributed by atoms with Crippen molar-refractivity contribution in [1.82, 2.24) is 10.6 Å². The molecule has 0 aliphatic carbocycles. The van der Waals surface area contributed by atoms with Crippen LogP contribution in [0.15, 0.2) is 90.6 Å². The van der Waals surface area contributed by atoms with Gasteiger partial charge in [-0.05, 0) is 55.3 Å². The van der Waals surface area contributed by atoms with Gasteiger partial charge in [0.2, 0.25) is 0 Å². The van der Waals surface area contributed by atoms with Crippen molar-refractivity contribution in [2.45, 2.75) is 26.6 Å². The topological polar surface area (TPSA) is 93.7 Å². The van der Waals surface area contributed by atoms with Gasteiger partial charge in [0, 0.05) is 5.56 Å². The number of rotatable bonds is 10. The molecular weight excluding hydrogens is 444 g/mol. The number of carbonyl (C=O) groups is 3. The molecule has 0 atom stereocenters. The number of ether oxygens (including phenoxy) is 2. The highest BCUT2D eigenvalue weighted by Gasteiger charge is 2.16. The van der Waals surface area contributed by atoms with Crippen molar-refractivity contribution in [3.05, 3.63) is 107 Å². The Morgan fingerprint density at radius 2 is 1.49 bits per heavy atom. The van der Waals surface area contributed by atoms with Gasteiger partial charge in [0.1, 0.15) is 24.6 Å². The van der Waals surface area contributed by atoms with E-state index in [-0.39, 0.29) is 25.0 Å². The Hall–Kier alpha value is -4.39. The van der Waals surface area contributed by atoms with Crippen LogP contribution in [0.1, 0.15) is 35.3 Å². The number of amides is 2. The Balaban J connectivity index is 1.68. The number of hydrogen-bond donors (Lipinski definition) is 2. The van der Waals surface area contributed by atoms with Crippen LogP contribution in [-0.4, -0.2) is 30.4 Å². The van der Waals surface area contributed by atoms with E-state index >= 15 is 0 Å². The van der Waals surface area contributed by atoms with Crippen LogP contribution >= 0.6 is 0 Å². The minimum absolute atomic E-state index is 0.00718. The fourth-order valence-electron chi connectivity index (χ4n) is 3.06. The van der Waals surface area contributed by atoms with E-state index in [0.29, 0.717) is 16.9 Å². The van der Waals surface area contributed by atoms with Crippen molar-refractivity contribution in [2.24, 2.45) is 0 Å². The molecule has 0 saturated heterocycles. The maximum absolute atomic E-state index is 12.9. The first-order chi connectivity index (χ1) is 16.9. The Morgan fingerprint density at radius 3 is 2.11 bits per heavy atom. The Kier molecular flexibility index (Phi) is 9.19. The normalized spacial score (nSPS) is 11.0. The zero-order chi connectivity index (χ0) is 25.0. The lowest BCUT2D eigenvalue weighted by atomic mass is 10.1. The second-order valence-electron chi connectivity index (χ2n) is 7.94. The van der Waals surface area contributed by atoms with Crippen LogP contribution in [0.5, 0.6) is 5.75 Å². The molecule has 0 unspecified atom stereocenters. The van der Waals surface area contributed by atoms with Gasteiger partial charge in [-0.3, -0.25) is 14.4 Å². The Labute approximate surface area is 204 Å². The van der Waals surface area contributed by atoms with E-state index in [4.69, 9.17) is 9.47 Å². The van der Waals surface area contributed by atoms with Crippen LogP contribution in [0.25, 0.3) is 6.08 Å². The molecule has 0 radical (unpaired) electrons. The molecule has 3 aromatic carbocycles. The van der Waals surface area contributed by atoms with Gasteiger partial charge in [0.25, 0.3) is 11.8 Å². The molecule has 0 aromatic heterocycles. The van der Waals surface area contributed by atoms with Gasteiger partial charge in [-0.25, -0.2) is 0 Å². The van der Waals surface area contributed by atoms with Crippen molar-refractivity contribution < 1.29 is 23.9 Å². The Bertz CT molecular complexity index is 1160. The summed E-state index contributed by atoms with van der Waals surface area (Å²) in [7, 11) is 0. The lowest BCUT2D eigenvalue weighted by Gasteiger charge is -2.12. The summed E-state index contributed by atoms with van der Waals surface area (Å²) in [5, 5.41) is 5.15. The third-order valence-corrected chi connectivity index (χ3v) is 4.73. The van der Waals surface area contributed by atoms with Gasteiger partial charge in [0.05, 0.1) is 6.10 Å². The first-order valence-electron chi connectivity index (χ1n) is 11.2. The van der Waals surface area contributed by atoms with Gasteiger partial charge < -0.3 is 20.1 Å². The largest absolute Gasteiger partial charge is 0.491 e. The fourth-order valence-corrected chi connectivity index (χ4v) is 3.06.